The van der Waals surface area contributed by atoms with Crippen LogP contribution in [0.1, 0.15) is 33.1 Å². The van der Waals surface area contributed by atoms with Crippen molar-refractivity contribution in [2.45, 2.75) is 44.5 Å². The van der Waals surface area contributed by atoms with Crippen molar-refractivity contribution in [3.05, 3.63) is 0 Å². The Hall–Kier alpha value is -0.240. The van der Waals surface area contributed by atoms with Crippen molar-refractivity contribution < 1.29 is 4.79 Å². The van der Waals surface area contributed by atoms with Gasteiger partial charge in [0.05, 0.1) is 0 Å². The highest BCUT2D eigenvalue weighted by molar-refractivity contribution is 6.30. The first-order chi connectivity index (χ1) is 5.65. The average molecular weight is 190 g/mol. The minimum Gasteiger partial charge on any atom is -0.352 e. The van der Waals surface area contributed by atoms with Crippen LogP contribution in [0.15, 0.2) is 0 Å². The highest BCUT2D eigenvalue weighted by Gasteiger charge is 2.37. The molecule has 0 spiro atoms. The van der Waals surface area contributed by atoms with E-state index in [4.69, 9.17) is 11.6 Å². The largest absolute Gasteiger partial charge is 0.352 e. The first-order valence-corrected chi connectivity index (χ1v) is 5.03. The summed E-state index contributed by atoms with van der Waals surface area (Å²) in [4.78, 5) is 11.1. The van der Waals surface area contributed by atoms with Crippen LogP contribution in [0, 0.1) is 5.92 Å². The molecule has 3 heteroatoms. The SMILES string of the molecule is CCCC1CC1NC(=O)C(C)Cl. The van der Waals surface area contributed by atoms with Crippen LogP contribution in [0.25, 0.3) is 0 Å². The van der Waals surface area contributed by atoms with Crippen molar-refractivity contribution in [3.63, 3.8) is 0 Å². The molecule has 1 aliphatic rings. The molecule has 0 radical (unpaired) electrons. The third kappa shape index (κ3) is 2.67. The van der Waals surface area contributed by atoms with Gasteiger partial charge in [0.1, 0.15) is 5.38 Å². The van der Waals surface area contributed by atoms with Gasteiger partial charge in [0.2, 0.25) is 5.91 Å². The third-order valence-corrected chi connectivity index (χ3v) is 2.47. The lowest BCUT2D eigenvalue weighted by Crippen LogP contribution is -2.32. The number of alkyl halides is 1. The normalized spacial score (nSPS) is 29.6. The Morgan fingerprint density at radius 2 is 2.42 bits per heavy atom. The van der Waals surface area contributed by atoms with E-state index in [9.17, 15) is 4.79 Å². The van der Waals surface area contributed by atoms with Crippen LogP contribution in [-0.2, 0) is 4.79 Å². The maximum absolute atomic E-state index is 11.1. The summed E-state index contributed by atoms with van der Waals surface area (Å²) < 4.78 is 0. The molecule has 0 aromatic heterocycles. The number of halogens is 1. The maximum Gasteiger partial charge on any atom is 0.237 e. The van der Waals surface area contributed by atoms with E-state index in [-0.39, 0.29) is 5.91 Å². The van der Waals surface area contributed by atoms with Gasteiger partial charge < -0.3 is 5.32 Å². The number of amides is 1. The zero-order chi connectivity index (χ0) is 9.14. The van der Waals surface area contributed by atoms with E-state index in [2.05, 4.69) is 12.2 Å². The molecule has 1 rings (SSSR count). The standard InChI is InChI=1S/C9H16ClNO/c1-3-4-7-5-8(7)11-9(12)6(2)10/h6-8H,3-5H2,1-2H3,(H,11,12). The minimum atomic E-state index is -0.395. The number of hydrogen-bond acceptors (Lipinski definition) is 1. The van der Waals surface area contributed by atoms with E-state index in [1.807, 2.05) is 0 Å². The van der Waals surface area contributed by atoms with Crippen molar-refractivity contribution >= 4 is 17.5 Å². The Balaban J connectivity index is 2.14. The molecule has 0 aromatic carbocycles. The minimum absolute atomic E-state index is 0.0275. The molecule has 12 heavy (non-hydrogen) atoms. The van der Waals surface area contributed by atoms with Gasteiger partial charge in [0.15, 0.2) is 0 Å². The van der Waals surface area contributed by atoms with Crippen molar-refractivity contribution in [1.82, 2.24) is 5.32 Å². The van der Waals surface area contributed by atoms with Gasteiger partial charge in [-0.05, 0) is 25.7 Å². The first-order valence-electron chi connectivity index (χ1n) is 4.59. The van der Waals surface area contributed by atoms with Crippen LogP contribution in [0.5, 0.6) is 0 Å². The summed E-state index contributed by atoms with van der Waals surface area (Å²) in [5, 5.41) is 2.52. The van der Waals surface area contributed by atoms with E-state index >= 15 is 0 Å². The van der Waals surface area contributed by atoms with E-state index < -0.39 is 5.38 Å². The fourth-order valence-corrected chi connectivity index (χ4v) is 1.47. The predicted molar refractivity (Wildman–Crippen MR) is 50.3 cm³/mol. The molecule has 3 atom stereocenters. The van der Waals surface area contributed by atoms with Gasteiger partial charge in [-0.2, -0.15) is 0 Å². The van der Waals surface area contributed by atoms with Gasteiger partial charge >= 0.3 is 0 Å². The number of carbonyl (C=O) groups excluding carboxylic acids is 1. The molecule has 0 saturated heterocycles. The van der Waals surface area contributed by atoms with Gasteiger partial charge in [0.25, 0.3) is 0 Å². The van der Waals surface area contributed by atoms with E-state index in [0.29, 0.717) is 6.04 Å². The Bertz CT molecular complexity index is 170. The monoisotopic (exact) mass is 189 g/mol. The fraction of sp³-hybridized carbons (Fsp3) is 0.889. The highest BCUT2D eigenvalue weighted by atomic mass is 35.5. The Morgan fingerprint density at radius 3 is 2.92 bits per heavy atom. The van der Waals surface area contributed by atoms with Gasteiger partial charge in [-0.15, -0.1) is 11.6 Å². The van der Waals surface area contributed by atoms with Crippen molar-refractivity contribution in [3.8, 4) is 0 Å². The number of nitrogens with one attached hydrogen (secondary N) is 1. The van der Waals surface area contributed by atoms with E-state index in [0.717, 1.165) is 12.3 Å². The summed E-state index contributed by atoms with van der Waals surface area (Å²) in [7, 11) is 0. The van der Waals surface area contributed by atoms with Crippen molar-refractivity contribution in [2.24, 2.45) is 5.92 Å². The Morgan fingerprint density at radius 1 is 1.75 bits per heavy atom. The van der Waals surface area contributed by atoms with Gasteiger partial charge in [-0.1, -0.05) is 13.3 Å². The molecule has 1 saturated carbocycles. The number of rotatable bonds is 4. The molecular weight excluding hydrogens is 174 g/mol. The molecule has 1 aliphatic carbocycles. The summed E-state index contributed by atoms with van der Waals surface area (Å²) in [5.74, 6) is 0.689. The number of carbonyl (C=O) groups is 1. The quantitative estimate of drug-likeness (QED) is 0.673. The van der Waals surface area contributed by atoms with Gasteiger partial charge in [0, 0.05) is 6.04 Å². The Labute approximate surface area is 78.7 Å². The topological polar surface area (TPSA) is 29.1 Å². The molecule has 0 heterocycles. The maximum atomic E-state index is 11.1. The molecule has 70 valence electrons. The smallest absolute Gasteiger partial charge is 0.237 e. The van der Waals surface area contributed by atoms with Crippen LogP contribution >= 0.6 is 11.6 Å². The predicted octanol–water partition coefficient (Wildman–Crippen LogP) is 1.92. The van der Waals surface area contributed by atoms with Crippen LogP contribution in [0.4, 0.5) is 0 Å². The second-order valence-corrected chi connectivity index (χ2v) is 4.17. The second kappa shape index (κ2) is 4.13. The van der Waals surface area contributed by atoms with Crippen molar-refractivity contribution in [1.29, 1.82) is 0 Å². The van der Waals surface area contributed by atoms with Crippen LogP contribution < -0.4 is 5.32 Å². The van der Waals surface area contributed by atoms with E-state index in [1.54, 1.807) is 6.92 Å². The summed E-state index contributed by atoms with van der Waals surface area (Å²) in [6, 6.07) is 0.415. The molecular formula is C9H16ClNO. The molecule has 0 aliphatic heterocycles. The van der Waals surface area contributed by atoms with Crippen LogP contribution in [-0.4, -0.2) is 17.3 Å². The lowest BCUT2D eigenvalue weighted by Gasteiger charge is -2.04. The fourth-order valence-electron chi connectivity index (χ4n) is 1.41. The van der Waals surface area contributed by atoms with Crippen molar-refractivity contribution in [2.75, 3.05) is 0 Å². The summed E-state index contributed by atoms with van der Waals surface area (Å²) >= 11 is 5.61. The highest BCUT2D eigenvalue weighted by Crippen LogP contribution is 2.34. The molecule has 1 amide bonds. The van der Waals surface area contributed by atoms with E-state index in [1.165, 1.54) is 12.8 Å². The molecule has 0 bridgehead atoms. The lowest BCUT2D eigenvalue weighted by atomic mass is 10.2. The first kappa shape index (κ1) is 9.85. The molecule has 1 fully saturated rings. The molecule has 3 unspecified atom stereocenters. The zero-order valence-electron chi connectivity index (χ0n) is 7.64. The summed E-state index contributed by atoms with van der Waals surface area (Å²) in [5.41, 5.74) is 0. The van der Waals surface area contributed by atoms with Gasteiger partial charge in [-0.25, -0.2) is 0 Å². The lowest BCUT2D eigenvalue weighted by molar-refractivity contribution is -0.120. The number of hydrogen-bond donors (Lipinski definition) is 1. The van der Waals surface area contributed by atoms with Gasteiger partial charge in [-0.3, -0.25) is 4.79 Å². The average Bonchev–Trinajstić information content (AvgIpc) is 2.68. The summed E-state index contributed by atoms with van der Waals surface area (Å²) in [6.07, 6.45) is 3.57. The Kier molecular flexibility index (Phi) is 3.39. The molecule has 0 aromatic rings. The molecule has 2 nitrogen and oxygen atoms in total. The summed E-state index contributed by atoms with van der Waals surface area (Å²) in [6.45, 7) is 3.87. The zero-order valence-corrected chi connectivity index (χ0v) is 8.40. The molecule has 1 N–H and O–H groups in total. The van der Waals surface area contributed by atoms with Crippen LogP contribution in [0.2, 0.25) is 0 Å². The third-order valence-electron chi connectivity index (χ3n) is 2.27. The van der Waals surface area contributed by atoms with Crippen LogP contribution in [0.3, 0.4) is 0 Å². The second-order valence-electron chi connectivity index (χ2n) is 3.52.